The molecule has 0 spiro atoms. The fourth-order valence-electron chi connectivity index (χ4n) is 1.62. The first kappa shape index (κ1) is 12.0. The van der Waals surface area contributed by atoms with Crippen LogP contribution in [0.2, 0.25) is 0 Å². The summed E-state index contributed by atoms with van der Waals surface area (Å²) in [6.45, 7) is 2.02. The second kappa shape index (κ2) is 4.79. The standard InChI is InChI=1S/C12H13N5O/c1-2-7-4-3-5-15-9(7)12-16-6-8(11(14)18)10(13)17-12/h3-6H,2H2,1H3,(H2,14,18)(H2,13,16,17). The van der Waals surface area contributed by atoms with Crippen LogP contribution in [0.5, 0.6) is 0 Å². The SMILES string of the molecule is CCc1cccnc1-c1ncc(C(N)=O)c(N)n1. The highest BCUT2D eigenvalue weighted by atomic mass is 16.1. The van der Waals surface area contributed by atoms with Gasteiger partial charge in [-0.1, -0.05) is 13.0 Å². The monoisotopic (exact) mass is 243 g/mol. The van der Waals surface area contributed by atoms with Gasteiger partial charge in [-0.15, -0.1) is 0 Å². The van der Waals surface area contributed by atoms with Crippen LogP contribution in [0.3, 0.4) is 0 Å². The number of aryl methyl sites for hydroxylation is 1. The van der Waals surface area contributed by atoms with E-state index in [9.17, 15) is 4.79 Å². The molecular weight excluding hydrogens is 230 g/mol. The zero-order chi connectivity index (χ0) is 13.1. The van der Waals surface area contributed by atoms with E-state index in [4.69, 9.17) is 11.5 Å². The predicted octanol–water partition coefficient (Wildman–Crippen LogP) is 0.782. The molecule has 18 heavy (non-hydrogen) atoms. The largest absolute Gasteiger partial charge is 0.383 e. The van der Waals surface area contributed by atoms with Gasteiger partial charge in [-0.3, -0.25) is 9.78 Å². The third-order valence-electron chi connectivity index (χ3n) is 2.57. The molecule has 0 unspecified atom stereocenters. The Morgan fingerprint density at radius 3 is 2.78 bits per heavy atom. The summed E-state index contributed by atoms with van der Waals surface area (Å²) < 4.78 is 0. The Labute approximate surface area is 104 Å². The van der Waals surface area contributed by atoms with E-state index in [1.165, 1.54) is 6.20 Å². The zero-order valence-electron chi connectivity index (χ0n) is 9.92. The topological polar surface area (TPSA) is 108 Å². The van der Waals surface area contributed by atoms with Crippen LogP contribution >= 0.6 is 0 Å². The first-order valence-electron chi connectivity index (χ1n) is 5.50. The highest BCUT2D eigenvalue weighted by Crippen LogP contribution is 2.19. The van der Waals surface area contributed by atoms with Crippen molar-refractivity contribution in [1.29, 1.82) is 0 Å². The maximum Gasteiger partial charge on any atom is 0.254 e. The lowest BCUT2D eigenvalue weighted by Crippen LogP contribution is -2.15. The van der Waals surface area contributed by atoms with E-state index < -0.39 is 5.91 Å². The molecule has 2 heterocycles. The van der Waals surface area contributed by atoms with E-state index in [2.05, 4.69) is 15.0 Å². The molecule has 0 aliphatic heterocycles. The van der Waals surface area contributed by atoms with E-state index in [0.29, 0.717) is 11.5 Å². The van der Waals surface area contributed by atoms with Crippen LogP contribution in [0.25, 0.3) is 11.5 Å². The number of carbonyl (C=O) groups excluding carboxylic acids is 1. The lowest BCUT2D eigenvalue weighted by molar-refractivity contribution is 0.100. The van der Waals surface area contributed by atoms with Gasteiger partial charge in [-0.25, -0.2) is 9.97 Å². The van der Waals surface area contributed by atoms with Gasteiger partial charge in [0.15, 0.2) is 5.82 Å². The minimum Gasteiger partial charge on any atom is -0.383 e. The highest BCUT2D eigenvalue weighted by molar-refractivity contribution is 5.96. The van der Waals surface area contributed by atoms with Gasteiger partial charge >= 0.3 is 0 Å². The van der Waals surface area contributed by atoms with Crippen LogP contribution in [-0.4, -0.2) is 20.9 Å². The molecule has 6 heteroatoms. The summed E-state index contributed by atoms with van der Waals surface area (Å²) in [6.07, 6.45) is 3.80. The number of pyridine rings is 1. The third kappa shape index (κ3) is 2.13. The summed E-state index contributed by atoms with van der Waals surface area (Å²) in [7, 11) is 0. The number of aromatic nitrogens is 3. The van der Waals surface area contributed by atoms with Crippen molar-refractivity contribution in [2.45, 2.75) is 13.3 Å². The molecule has 2 aromatic rings. The minimum absolute atomic E-state index is 0.0696. The average Bonchev–Trinajstić information content (AvgIpc) is 2.38. The fourth-order valence-corrected chi connectivity index (χ4v) is 1.62. The molecule has 0 bridgehead atoms. The Balaban J connectivity index is 2.52. The normalized spacial score (nSPS) is 10.3. The number of amides is 1. The van der Waals surface area contributed by atoms with Gasteiger partial charge in [0, 0.05) is 12.4 Å². The maximum absolute atomic E-state index is 11.0. The predicted molar refractivity (Wildman–Crippen MR) is 67.6 cm³/mol. The molecule has 4 N–H and O–H groups in total. The quantitative estimate of drug-likeness (QED) is 0.828. The zero-order valence-corrected chi connectivity index (χ0v) is 9.92. The van der Waals surface area contributed by atoms with Gasteiger partial charge in [0.1, 0.15) is 11.5 Å². The number of nitrogen functional groups attached to an aromatic ring is 1. The van der Waals surface area contributed by atoms with Gasteiger partial charge in [0.05, 0.1) is 5.56 Å². The first-order valence-corrected chi connectivity index (χ1v) is 5.50. The second-order valence-electron chi connectivity index (χ2n) is 3.72. The molecule has 0 radical (unpaired) electrons. The minimum atomic E-state index is -0.643. The highest BCUT2D eigenvalue weighted by Gasteiger charge is 2.12. The Kier molecular flexibility index (Phi) is 3.18. The summed E-state index contributed by atoms with van der Waals surface area (Å²) in [5.41, 5.74) is 12.6. The van der Waals surface area contributed by atoms with E-state index >= 15 is 0 Å². The van der Waals surface area contributed by atoms with Crippen molar-refractivity contribution < 1.29 is 4.79 Å². The van der Waals surface area contributed by atoms with E-state index in [0.717, 1.165) is 12.0 Å². The van der Waals surface area contributed by atoms with Crippen molar-refractivity contribution in [3.63, 3.8) is 0 Å². The Morgan fingerprint density at radius 1 is 1.39 bits per heavy atom. The van der Waals surface area contributed by atoms with Crippen LogP contribution < -0.4 is 11.5 Å². The first-order chi connectivity index (χ1) is 8.63. The molecule has 0 aliphatic rings. The van der Waals surface area contributed by atoms with Gasteiger partial charge in [-0.2, -0.15) is 0 Å². The molecule has 0 aromatic carbocycles. The number of nitrogens with zero attached hydrogens (tertiary/aromatic N) is 3. The smallest absolute Gasteiger partial charge is 0.254 e. The van der Waals surface area contributed by atoms with Crippen LogP contribution in [0.1, 0.15) is 22.8 Å². The Morgan fingerprint density at radius 2 is 2.17 bits per heavy atom. The van der Waals surface area contributed by atoms with Crippen molar-refractivity contribution in [2.75, 3.05) is 5.73 Å². The molecule has 0 fully saturated rings. The molecule has 2 aromatic heterocycles. The Bertz CT molecular complexity index is 597. The van der Waals surface area contributed by atoms with E-state index in [-0.39, 0.29) is 11.4 Å². The van der Waals surface area contributed by atoms with Crippen molar-refractivity contribution >= 4 is 11.7 Å². The summed E-state index contributed by atoms with van der Waals surface area (Å²) in [5, 5.41) is 0. The maximum atomic E-state index is 11.0. The number of anilines is 1. The van der Waals surface area contributed by atoms with Crippen molar-refractivity contribution in [1.82, 2.24) is 15.0 Å². The molecule has 2 rings (SSSR count). The molecule has 0 saturated heterocycles. The van der Waals surface area contributed by atoms with Crippen molar-refractivity contribution in [2.24, 2.45) is 5.73 Å². The molecule has 0 aliphatic carbocycles. The second-order valence-corrected chi connectivity index (χ2v) is 3.72. The van der Waals surface area contributed by atoms with Gasteiger partial charge < -0.3 is 11.5 Å². The van der Waals surface area contributed by atoms with Crippen LogP contribution in [0, 0.1) is 0 Å². The fraction of sp³-hybridized carbons (Fsp3) is 0.167. The number of rotatable bonds is 3. The molecule has 0 saturated carbocycles. The van der Waals surface area contributed by atoms with Crippen molar-refractivity contribution in [3.8, 4) is 11.5 Å². The third-order valence-corrected chi connectivity index (χ3v) is 2.57. The number of hydrogen-bond acceptors (Lipinski definition) is 5. The molecule has 1 amide bonds. The van der Waals surface area contributed by atoms with Crippen LogP contribution in [-0.2, 0) is 6.42 Å². The average molecular weight is 243 g/mol. The van der Waals surface area contributed by atoms with Gasteiger partial charge in [0.25, 0.3) is 5.91 Å². The number of hydrogen-bond donors (Lipinski definition) is 2. The van der Waals surface area contributed by atoms with Gasteiger partial charge in [0.2, 0.25) is 0 Å². The lowest BCUT2D eigenvalue weighted by atomic mass is 10.1. The summed E-state index contributed by atoms with van der Waals surface area (Å²) >= 11 is 0. The summed E-state index contributed by atoms with van der Waals surface area (Å²) in [6, 6.07) is 3.80. The molecule has 6 nitrogen and oxygen atoms in total. The van der Waals surface area contributed by atoms with Gasteiger partial charge in [-0.05, 0) is 18.1 Å². The van der Waals surface area contributed by atoms with Crippen LogP contribution in [0.15, 0.2) is 24.5 Å². The number of primary amides is 1. The van der Waals surface area contributed by atoms with Crippen LogP contribution in [0.4, 0.5) is 5.82 Å². The molecule has 92 valence electrons. The number of nitrogens with two attached hydrogens (primary N) is 2. The van der Waals surface area contributed by atoms with E-state index in [1.807, 2.05) is 19.1 Å². The Hall–Kier alpha value is -2.50. The molecular formula is C12H13N5O. The lowest BCUT2D eigenvalue weighted by Gasteiger charge is -2.06. The summed E-state index contributed by atoms with van der Waals surface area (Å²) in [5.74, 6) is -0.175. The summed E-state index contributed by atoms with van der Waals surface area (Å²) in [4.78, 5) is 23.4. The van der Waals surface area contributed by atoms with E-state index in [1.54, 1.807) is 6.20 Å². The molecule has 0 atom stereocenters. The van der Waals surface area contributed by atoms with Crippen molar-refractivity contribution in [3.05, 3.63) is 35.7 Å². The number of carbonyl (C=O) groups is 1.